The largest absolute Gasteiger partial charge is 0.385 e. The molecule has 0 aliphatic heterocycles. The Bertz CT molecular complexity index is 276. The zero-order valence-electron chi connectivity index (χ0n) is 8.54. The van der Waals surface area contributed by atoms with Crippen LogP contribution < -0.4 is 0 Å². The van der Waals surface area contributed by atoms with Gasteiger partial charge in [0, 0.05) is 0 Å². The van der Waals surface area contributed by atoms with Crippen molar-refractivity contribution in [3.63, 3.8) is 0 Å². The van der Waals surface area contributed by atoms with E-state index in [0.717, 1.165) is 12.0 Å². The Hall–Kier alpha value is -0.820. The number of aliphatic hydroxyl groups excluding tert-OH is 1. The fourth-order valence-electron chi connectivity index (χ4n) is 1.69. The Kier molecular flexibility index (Phi) is 3.49. The highest BCUT2D eigenvalue weighted by Gasteiger charge is 2.08. The van der Waals surface area contributed by atoms with Gasteiger partial charge < -0.3 is 5.11 Å². The first kappa shape index (κ1) is 10.3. The topological polar surface area (TPSA) is 20.2 Å². The van der Waals surface area contributed by atoms with E-state index < -0.39 is 0 Å². The third-order valence-corrected chi connectivity index (χ3v) is 2.36. The SMILES string of the molecule is CCc1c([CH]O)cccc1C(C)C. The Morgan fingerprint density at radius 1 is 1.38 bits per heavy atom. The summed E-state index contributed by atoms with van der Waals surface area (Å²) in [6, 6.07) is 6.08. The monoisotopic (exact) mass is 177 g/mol. The molecule has 0 amide bonds. The summed E-state index contributed by atoms with van der Waals surface area (Å²) >= 11 is 0. The maximum atomic E-state index is 9.03. The molecular formula is C12H17O. The van der Waals surface area contributed by atoms with Gasteiger partial charge in [-0.3, -0.25) is 0 Å². The van der Waals surface area contributed by atoms with E-state index in [1.807, 2.05) is 12.1 Å². The highest BCUT2D eigenvalue weighted by molar-refractivity contribution is 5.39. The van der Waals surface area contributed by atoms with Crippen molar-refractivity contribution < 1.29 is 5.11 Å². The van der Waals surface area contributed by atoms with Crippen LogP contribution in [0.4, 0.5) is 0 Å². The molecular weight excluding hydrogens is 160 g/mol. The van der Waals surface area contributed by atoms with Crippen molar-refractivity contribution in [1.82, 2.24) is 0 Å². The van der Waals surface area contributed by atoms with Gasteiger partial charge in [-0.05, 0) is 29.0 Å². The van der Waals surface area contributed by atoms with Gasteiger partial charge >= 0.3 is 0 Å². The Labute approximate surface area is 80.4 Å². The molecule has 1 nitrogen and oxygen atoms in total. The first-order valence-corrected chi connectivity index (χ1v) is 4.79. The lowest BCUT2D eigenvalue weighted by molar-refractivity contribution is 0.413. The molecule has 1 rings (SSSR count). The van der Waals surface area contributed by atoms with Gasteiger partial charge in [0.25, 0.3) is 0 Å². The van der Waals surface area contributed by atoms with E-state index in [1.54, 1.807) is 0 Å². The summed E-state index contributed by atoms with van der Waals surface area (Å²) in [5.41, 5.74) is 3.55. The summed E-state index contributed by atoms with van der Waals surface area (Å²) in [6.45, 7) is 7.67. The second kappa shape index (κ2) is 4.43. The van der Waals surface area contributed by atoms with Gasteiger partial charge in [0.2, 0.25) is 0 Å². The maximum Gasteiger partial charge on any atom is 0.109 e. The molecule has 1 aromatic carbocycles. The van der Waals surface area contributed by atoms with E-state index in [1.165, 1.54) is 17.7 Å². The van der Waals surface area contributed by atoms with E-state index in [4.69, 9.17) is 5.11 Å². The summed E-state index contributed by atoms with van der Waals surface area (Å²) in [5, 5.41) is 9.03. The van der Waals surface area contributed by atoms with Crippen molar-refractivity contribution in [3.05, 3.63) is 41.5 Å². The van der Waals surface area contributed by atoms with Crippen molar-refractivity contribution in [1.29, 1.82) is 0 Å². The molecule has 0 bridgehead atoms. The molecule has 1 aromatic rings. The summed E-state index contributed by atoms with van der Waals surface area (Å²) in [6.07, 6.45) is 0.973. The van der Waals surface area contributed by atoms with E-state index in [9.17, 15) is 0 Å². The molecule has 0 saturated heterocycles. The third kappa shape index (κ3) is 2.10. The molecule has 0 aromatic heterocycles. The molecule has 0 atom stereocenters. The predicted molar refractivity (Wildman–Crippen MR) is 55.2 cm³/mol. The zero-order chi connectivity index (χ0) is 9.84. The summed E-state index contributed by atoms with van der Waals surface area (Å²) in [4.78, 5) is 0. The van der Waals surface area contributed by atoms with Crippen LogP contribution >= 0.6 is 0 Å². The van der Waals surface area contributed by atoms with Gasteiger partial charge in [-0.15, -0.1) is 0 Å². The molecule has 0 unspecified atom stereocenters. The lowest BCUT2D eigenvalue weighted by atomic mass is 9.92. The summed E-state index contributed by atoms with van der Waals surface area (Å²) in [5.74, 6) is 0.523. The normalized spacial score (nSPS) is 10.8. The van der Waals surface area contributed by atoms with E-state index >= 15 is 0 Å². The minimum absolute atomic E-state index is 0.523. The molecule has 0 aliphatic carbocycles. The molecule has 0 saturated carbocycles. The molecule has 13 heavy (non-hydrogen) atoms. The number of benzene rings is 1. The smallest absolute Gasteiger partial charge is 0.109 e. The van der Waals surface area contributed by atoms with E-state index in [2.05, 4.69) is 26.8 Å². The first-order valence-electron chi connectivity index (χ1n) is 4.79. The first-order chi connectivity index (χ1) is 6.20. The molecule has 0 aliphatic rings. The minimum Gasteiger partial charge on any atom is -0.385 e. The number of rotatable bonds is 3. The average molecular weight is 177 g/mol. The van der Waals surface area contributed by atoms with Crippen molar-refractivity contribution in [2.24, 2.45) is 0 Å². The van der Waals surface area contributed by atoms with Gasteiger partial charge in [-0.1, -0.05) is 39.0 Å². The third-order valence-electron chi connectivity index (χ3n) is 2.36. The molecule has 0 heterocycles. The van der Waals surface area contributed by atoms with Crippen LogP contribution in [0.5, 0.6) is 0 Å². The van der Waals surface area contributed by atoms with Gasteiger partial charge in [0.15, 0.2) is 0 Å². The fraction of sp³-hybridized carbons (Fsp3) is 0.417. The van der Waals surface area contributed by atoms with Crippen LogP contribution in [0.25, 0.3) is 0 Å². The minimum atomic E-state index is 0.523. The lowest BCUT2D eigenvalue weighted by Crippen LogP contribution is -1.99. The van der Waals surface area contributed by atoms with Crippen LogP contribution in [-0.2, 0) is 6.42 Å². The van der Waals surface area contributed by atoms with E-state index in [-0.39, 0.29) is 0 Å². The molecule has 0 fully saturated rings. The second-order valence-corrected chi connectivity index (χ2v) is 3.55. The maximum absolute atomic E-state index is 9.03. The highest BCUT2D eigenvalue weighted by Crippen LogP contribution is 2.23. The Morgan fingerprint density at radius 2 is 2.08 bits per heavy atom. The standard InChI is InChI=1S/C12H17O/c1-4-11-10(8-13)6-5-7-12(11)9(2)3/h5-9,13H,4H2,1-3H3. The molecule has 71 valence electrons. The highest BCUT2D eigenvalue weighted by atomic mass is 16.3. The van der Waals surface area contributed by atoms with Crippen LogP contribution in [0.2, 0.25) is 0 Å². The van der Waals surface area contributed by atoms with Crippen LogP contribution in [0.15, 0.2) is 18.2 Å². The lowest BCUT2D eigenvalue weighted by Gasteiger charge is -2.14. The second-order valence-electron chi connectivity index (χ2n) is 3.55. The Balaban J connectivity index is 3.19. The van der Waals surface area contributed by atoms with Crippen LogP contribution in [0, 0.1) is 6.61 Å². The van der Waals surface area contributed by atoms with Gasteiger partial charge in [0.1, 0.15) is 6.61 Å². The fourth-order valence-corrected chi connectivity index (χ4v) is 1.69. The van der Waals surface area contributed by atoms with Gasteiger partial charge in [-0.25, -0.2) is 0 Å². The van der Waals surface area contributed by atoms with Gasteiger partial charge in [-0.2, -0.15) is 0 Å². The number of aliphatic hydroxyl groups is 1. The molecule has 0 spiro atoms. The van der Waals surface area contributed by atoms with E-state index in [0.29, 0.717) is 5.92 Å². The predicted octanol–water partition coefficient (Wildman–Crippen LogP) is 3.25. The average Bonchev–Trinajstić information content (AvgIpc) is 2.16. The van der Waals surface area contributed by atoms with Crippen LogP contribution in [0.3, 0.4) is 0 Å². The Morgan fingerprint density at radius 3 is 2.54 bits per heavy atom. The van der Waals surface area contributed by atoms with Crippen molar-refractivity contribution >= 4 is 0 Å². The molecule has 1 N–H and O–H groups in total. The molecule has 1 heteroatoms. The zero-order valence-corrected chi connectivity index (χ0v) is 8.54. The quantitative estimate of drug-likeness (QED) is 0.751. The van der Waals surface area contributed by atoms with Crippen molar-refractivity contribution in [3.8, 4) is 0 Å². The summed E-state index contributed by atoms with van der Waals surface area (Å²) in [7, 11) is 0. The molecule has 1 radical (unpaired) electrons. The van der Waals surface area contributed by atoms with Crippen LogP contribution in [0.1, 0.15) is 43.4 Å². The van der Waals surface area contributed by atoms with Crippen molar-refractivity contribution in [2.75, 3.05) is 0 Å². The number of hydrogen-bond acceptors (Lipinski definition) is 1. The van der Waals surface area contributed by atoms with Crippen molar-refractivity contribution in [2.45, 2.75) is 33.1 Å². The summed E-state index contributed by atoms with van der Waals surface area (Å²) < 4.78 is 0. The van der Waals surface area contributed by atoms with Crippen LogP contribution in [-0.4, -0.2) is 5.11 Å². The van der Waals surface area contributed by atoms with Gasteiger partial charge in [0.05, 0.1) is 0 Å². The number of hydrogen-bond donors (Lipinski definition) is 1.